The van der Waals surface area contributed by atoms with E-state index in [1.165, 1.54) is 11.3 Å². The molecule has 0 aliphatic carbocycles. The Hall–Kier alpha value is -0.113. The first-order valence-electron chi connectivity index (χ1n) is 3.36. The van der Waals surface area contributed by atoms with Crippen LogP contribution in [0.25, 0.3) is 10.8 Å². The zero-order chi connectivity index (χ0) is 8.55. The van der Waals surface area contributed by atoms with Crippen LogP contribution in [-0.4, -0.2) is 27.6 Å². The molecule has 2 nitrogen and oxygen atoms in total. The summed E-state index contributed by atoms with van der Waals surface area (Å²) >= 11 is -0.533. The van der Waals surface area contributed by atoms with E-state index in [4.69, 9.17) is 4.55 Å². The quantitative estimate of drug-likeness (QED) is 0.571. The number of thiophene rings is 1. The monoisotopic (exact) mass is 206 g/mol. The number of benzene rings is 1. The van der Waals surface area contributed by atoms with E-state index in [1.54, 1.807) is 0 Å². The summed E-state index contributed by atoms with van der Waals surface area (Å²) in [5.74, 6) is 0. The average molecular weight is 206 g/mol. The summed E-state index contributed by atoms with van der Waals surface area (Å²) in [5, 5.41) is 3.79. The van der Waals surface area contributed by atoms with E-state index in [2.05, 4.69) is 0 Å². The Balaban J connectivity index is 0.000000845. The topological polar surface area (TPSA) is 37.3 Å². The molecule has 0 radical (unpaired) electrons. The summed E-state index contributed by atoms with van der Waals surface area (Å²) < 4.78 is 20.2. The Morgan fingerprint density at radius 2 is 2.00 bits per heavy atom. The molecule has 0 aliphatic heterocycles. The van der Waals surface area contributed by atoms with Gasteiger partial charge in [0.1, 0.15) is 4.21 Å². The van der Waals surface area contributed by atoms with E-state index in [0.717, 1.165) is 10.8 Å². The van der Waals surface area contributed by atoms with Crippen LogP contribution in [0, 0.1) is 0 Å². The third-order valence-corrected chi connectivity index (χ3v) is 3.69. The summed E-state index contributed by atoms with van der Waals surface area (Å²) in [7, 11) is 0. The Morgan fingerprint density at radius 3 is 2.69 bits per heavy atom. The van der Waals surface area contributed by atoms with Crippen molar-refractivity contribution < 1.29 is 8.76 Å². The molecule has 0 spiro atoms. The number of hydrogen-bond donors (Lipinski definition) is 1. The Kier molecular flexibility index (Phi) is 3.71. The molecule has 1 aromatic carbocycles. The minimum absolute atomic E-state index is 0. The van der Waals surface area contributed by atoms with Crippen LogP contribution in [0.2, 0.25) is 0 Å². The number of hydrogen-bond acceptors (Lipinski definition) is 2. The Morgan fingerprint density at radius 1 is 1.31 bits per heavy atom. The fourth-order valence-corrected chi connectivity index (χ4v) is 2.70. The van der Waals surface area contributed by atoms with Gasteiger partial charge in [0, 0.05) is 5.39 Å². The summed E-state index contributed by atoms with van der Waals surface area (Å²) in [6.45, 7) is 0. The molecule has 13 heavy (non-hydrogen) atoms. The molecule has 1 heterocycles. The van der Waals surface area contributed by atoms with E-state index in [0.29, 0.717) is 4.21 Å². The minimum atomic E-state index is -1.85. The van der Waals surface area contributed by atoms with Crippen molar-refractivity contribution in [3.05, 3.63) is 29.6 Å². The molecular weight excluding hydrogens is 199 g/mol. The number of rotatable bonds is 1. The first kappa shape index (κ1) is 11.0. The van der Waals surface area contributed by atoms with Gasteiger partial charge in [0.05, 0.1) is 0 Å². The normalized spacial score (nSPS) is 12.4. The zero-order valence-electron chi connectivity index (χ0n) is 6.06. The maximum absolute atomic E-state index is 10.8. The second-order valence-corrected chi connectivity index (χ2v) is 4.40. The van der Waals surface area contributed by atoms with Gasteiger partial charge in [-0.1, -0.05) is 24.3 Å². The summed E-state index contributed by atoms with van der Waals surface area (Å²) in [4.78, 5) is 0. The van der Waals surface area contributed by atoms with Gasteiger partial charge in [-0.25, -0.2) is 4.21 Å². The van der Waals surface area contributed by atoms with Crippen molar-refractivity contribution in [2.45, 2.75) is 4.21 Å². The molecule has 1 atom stereocenters. The molecule has 0 bridgehead atoms. The molecule has 2 rings (SSSR count). The van der Waals surface area contributed by atoms with Crippen LogP contribution in [0.4, 0.5) is 0 Å². The van der Waals surface area contributed by atoms with Crippen molar-refractivity contribution in [1.82, 2.24) is 0 Å². The van der Waals surface area contributed by atoms with E-state index in [9.17, 15) is 4.21 Å². The molecule has 0 aliphatic rings. The summed E-state index contributed by atoms with van der Waals surface area (Å²) in [6.07, 6.45) is 0. The van der Waals surface area contributed by atoms with Crippen LogP contribution >= 0.6 is 11.3 Å². The molecule has 1 N–H and O–H groups in total. The van der Waals surface area contributed by atoms with Gasteiger partial charge in [-0.3, -0.25) is 0 Å². The first-order chi connectivity index (χ1) is 5.79. The van der Waals surface area contributed by atoms with Gasteiger partial charge in [-0.05, 0) is 10.8 Å². The fourth-order valence-electron chi connectivity index (χ4n) is 1.10. The molecule has 1 aromatic heterocycles. The van der Waals surface area contributed by atoms with E-state index < -0.39 is 11.1 Å². The van der Waals surface area contributed by atoms with Crippen LogP contribution in [0.1, 0.15) is 0 Å². The molecule has 1 unspecified atom stereocenters. The van der Waals surface area contributed by atoms with Crippen molar-refractivity contribution >= 4 is 52.1 Å². The fraction of sp³-hybridized carbons (Fsp3) is 0. The Labute approximate surface area is 94.4 Å². The molecule has 0 amide bonds. The third-order valence-electron chi connectivity index (χ3n) is 1.63. The van der Waals surface area contributed by atoms with Gasteiger partial charge in [0.2, 0.25) is 0 Å². The van der Waals surface area contributed by atoms with E-state index >= 15 is 0 Å². The van der Waals surface area contributed by atoms with Crippen LogP contribution in [0.3, 0.4) is 0 Å². The van der Waals surface area contributed by atoms with E-state index in [-0.39, 0.29) is 18.9 Å². The Bertz CT molecular complexity index is 438. The maximum atomic E-state index is 10.8. The van der Waals surface area contributed by atoms with E-state index in [1.807, 2.05) is 29.6 Å². The number of fused-ring (bicyclic) bond motifs is 1. The van der Waals surface area contributed by atoms with Gasteiger partial charge in [-0.2, -0.15) is 0 Å². The average Bonchev–Trinajstić information content (AvgIpc) is 2.47. The standard InChI is InChI=1S/C8H6O2S2.Li.H/c9-12(10)8-7-4-2-1-3-6(7)5-11-8;;/h1-5H,(H,9,10);;. The molecular formula is C8H7LiO2S2. The summed E-state index contributed by atoms with van der Waals surface area (Å²) in [6, 6.07) is 7.57. The second-order valence-electron chi connectivity index (χ2n) is 2.36. The van der Waals surface area contributed by atoms with Crippen LogP contribution in [0.15, 0.2) is 33.9 Å². The van der Waals surface area contributed by atoms with Crippen molar-refractivity contribution in [3.63, 3.8) is 0 Å². The third kappa shape index (κ3) is 2.04. The van der Waals surface area contributed by atoms with Gasteiger partial charge < -0.3 is 4.55 Å². The molecule has 0 fully saturated rings. The molecule has 5 heteroatoms. The molecule has 2 aromatic rings. The van der Waals surface area contributed by atoms with Crippen LogP contribution in [0.5, 0.6) is 0 Å². The zero-order valence-corrected chi connectivity index (χ0v) is 7.69. The van der Waals surface area contributed by atoms with Crippen molar-refractivity contribution in [2.75, 3.05) is 0 Å². The first-order valence-corrected chi connectivity index (χ1v) is 5.35. The molecule has 64 valence electrons. The predicted octanol–water partition coefficient (Wildman–Crippen LogP) is 1.83. The molecule has 0 saturated heterocycles. The van der Waals surface area contributed by atoms with Crippen molar-refractivity contribution in [3.8, 4) is 0 Å². The van der Waals surface area contributed by atoms with Gasteiger partial charge in [0.25, 0.3) is 0 Å². The molecule has 0 saturated carbocycles. The SMILES string of the molecule is O=S(O)c1scc2ccccc12.[LiH]. The summed E-state index contributed by atoms with van der Waals surface area (Å²) in [5.41, 5.74) is 0. The predicted molar refractivity (Wildman–Crippen MR) is 58.0 cm³/mol. The van der Waals surface area contributed by atoms with Crippen LogP contribution < -0.4 is 0 Å². The second kappa shape index (κ2) is 4.40. The van der Waals surface area contributed by atoms with Gasteiger partial charge >= 0.3 is 18.9 Å². The van der Waals surface area contributed by atoms with Crippen molar-refractivity contribution in [2.24, 2.45) is 0 Å². The van der Waals surface area contributed by atoms with Crippen LogP contribution in [-0.2, 0) is 11.1 Å². The van der Waals surface area contributed by atoms with Gasteiger partial charge in [0.15, 0.2) is 11.1 Å². The van der Waals surface area contributed by atoms with Gasteiger partial charge in [-0.15, -0.1) is 11.3 Å². The van der Waals surface area contributed by atoms with Crippen molar-refractivity contribution in [1.29, 1.82) is 0 Å².